The Morgan fingerprint density at radius 1 is 1.11 bits per heavy atom. The number of rotatable bonds is 6. The predicted molar refractivity (Wildman–Crippen MR) is 143 cm³/mol. The lowest BCUT2D eigenvalue weighted by atomic mass is 10.0. The first kappa shape index (κ1) is 26.2. The molecule has 2 aliphatic rings. The number of aromatic nitrogens is 3. The van der Waals surface area contributed by atoms with Crippen LogP contribution in [-0.4, -0.2) is 84.2 Å². The molecule has 5 rings (SSSR count). The van der Waals surface area contributed by atoms with E-state index in [-0.39, 0.29) is 28.6 Å². The molecule has 3 aromatic rings. The van der Waals surface area contributed by atoms with Gasteiger partial charge in [-0.2, -0.15) is 0 Å². The van der Waals surface area contributed by atoms with Gasteiger partial charge in [0.25, 0.3) is 5.91 Å². The van der Waals surface area contributed by atoms with Crippen LogP contribution < -0.4 is 10.2 Å². The molecule has 0 unspecified atom stereocenters. The summed E-state index contributed by atoms with van der Waals surface area (Å²) in [4.78, 5) is 42.7. The lowest BCUT2D eigenvalue weighted by Gasteiger charge is -2.39. The number of amides is 2. The molecule has 11 nitrogen and oxygen atoms in total. The summed E-state index contributed by atoms with van der Waals surface area (Å²) in [5.41, 5.74) is 1.47. The summed E-state index contributed by atoms with van der Waals surface area (Å²) in [6.07, 6.45) is 4.27. The van der Waals surface area contributed by atoms with Gasteiger partial charge in [0, 0.05) is 43.7 Å². The lowest BCUT2D eigenvalue weighted by molar-refractivity contribution is -0.123. The maximum Gasteiger partial charge on any atom is 0.256 e. The molecule has 2 fully saturated rings. The molecule has 5 heterocycles. The molecule has 3 aromatic heterocycles. The van der Waals surface area contributed by atoms with E-state index in [4.69, 9.17) is 9.72 Å². The number of anilines is 2. The molecule has 38 heavy (non-hydrogen) atoms. The van der Waals surface area contributed by atoms with E-state index < -0.39 is 21.8 Å². The van der Waals surface area contributed by atoms with Crippen molar-refractivity contribution in [3.05, 3.63) is 47.6 Å². The van der Waals surface area contributed by atoms with Crippen LogP contribution in [-0.2, 0) is 19.4 Å². The summed E-state index contributed by atoms with van der Waals surface area (Å²) in [6.45, 7) is 5.98. The smallest absolute Gasteiger partial charge is 0.256 e. The van der Waals surface area contributed by atoms with E-state index in [1.807, 2.05) is 37.4 Å². The van der Waals surface area contributed by atoms with Gasteiger partial charge in [0.1, 0.15) is 17.6 Å². The SMILES string of the molecule is C[C@@H]1CN(c2cccc(-c3csc(NC(=O)[C@@H]4CCN4C(=O)c4cncc(S(C)(=O)=O)c4)n3)n2)C[C@H](C)O1. The Bertz CT molecular complexity index is 1470. The number of hydrogen-bond donors (Lipinski definition) is 1. The van der Waals surface area contributed by atoms with Crippen molar-refractivity contribution in [2.24, 2.45) is 0 Å². The molecule has 0 aliphatic carbocycles. The zero-order valence-electron chi connectivity index (χ0n) is 21.2. The van der Waals surface area contributed by atoms with Crippen LogP contribution in [0.15, 0.2) is 46.9 Å². The average molecular weight is 557 g/mol. The number of morpholine rings is 1. The summed E-state index contributed by atoms with van der Waals surface area (Å²) < 4.78 is 29.5. The molecule has 0 saturated carbocycles. The first-order valence-electron chi connectivity index (χ1n) is 12.2. The zero-order chi connectivity index (χ0) is 27.0. The molecule has 2 amide bonds. The highest BCUT2D eigenvalue weighted by Gasteiger charge is 2.38. The third kappa shape index (κ3) is 5.54. The molecule has 0 bridgehead atoms. The van der Waals surface area contributed by atoms with Gasteiger partial charge in [-0.15, -0.1) is 11.3 Å². The highest BCUT2D eigenvalue weighted by atomic mass is 32.2. The maximum absolute atomic E-state index is 13.0. The molecule has 3 atom stereocenters. The van der Waals surface area contributed by atoms with E-state index in [1.165, 1.54) is 34.7 Å². The standard InChI is InChI=1S/C25H28N6O5S2/c1-15-12-30(13-16(2)36-15)22-6-4-5-19(27-22)20-14-37-25(28-20)29-23(32)21-7-8-31(21)24(33)17-9-18(11-26-10-17)38(3,34)35/h4-6,9-11,14-16,21H,7-8,12-13H2,1-3H3,(H,28,29,32)/t15-,16+,21-/m0/s1. The van der Waals surface area contributed by atoms with E-state index >= 15 is 0 Å². The van der Waals surface area contributed by atoms with Crippen molar-refractivity contribution in [2.75, 3.05) is 36.1 Å². The topological polar surface area (TPSA) is 135 Å². The van der Waals surface area contributed by atoms with E-state index in [1.54, 1.807) is 0 Å². The number of nitrogens with one attached hydrogen (secondary N) is 1. The van der Waals surface area contributed by atoms with Gasteiger partial charge >= 0.3 is 0 Å². The summed E-state index contributed by atoms with van der Waals surface area (Å²) in [5, 5.41) is 5.04. The summed E-state index contributed by atoms with van der Waals surface area (Å²) in [6, 6.07) is 6.38. The molecule has 200 valence electrons. The third-order valence-corrected chi connectivity index (χ3v) is 8.28. The van der Waals surface area contributed by atoms with Crippen LogP contribution in [0.4, 0.5) is 10.9 Å². The Labute approximate surface area is 224 Å². The van der Waals surface area contributed by atoms with Crippen LogP contribution in [0.25, 0.3) is 11.4 Å². The number of pyridine rings is 2. The largest absolute Gasteiger partial charge is 0.372 e. The molecule has 0 aromatic carbocycles. The zero-order valence-corrected chi connectivity index (χ0v) is 22.8. The molecular formula is C25H28N6O5S2. The van der Waals surface area contributed by atoms with Crippen LogP contribution in [0.3, 0.4) is 0 Å². The normalized spacial score (nSPS) is 21.6. The van der Waals surface area contributed by atoms with Crippen LogP contribution in [0.5, 0.6) is 0 Å². The number of sulfone groups is 1. The minimum Gasteiger partial charge on any atom is -0.372 e. The van der Waals surface area contributed by atoms with Crippen molar-refractivity contribution in [3.8, 4) is 11.4 Å². The minimum absolute atomic E-state index is 0.0458. The first-order valence-corrected chi connectivity index (χ1v) is 15.0. The van der Waals surface area contributed by atoms with Gasteiger partial charge in [0.05, 0.1) is 28.4 Å². The number of carbonyl (C=O) groups is 2. The van der Waals surface area contributed by atoms with Crippen molar-refractivity contribution >= 4 is 43.9 Å². The fourth-order valence-electron chi connectivity index (χ4n) is 4.55. The number of carbonyl (C=O) groups excluding carboxylic acids is 2. The van der Waals surface area contributed by atoms with Crippen LogP contribution >= 0.6 is 11.3 Å². The van der Waals surface area contributed by atoms with Crippen LogP contribution in [0.2, 0.25) is 0 Å². The number of ether oxygens (including phenoxy) is 1. The van der Waals surface area contributed by atoms with Crippen molar-refractivity contribution < 1.29 is 22.7 Å². The molecule has 1 N–H and O–H groups in total. The van der Waals surface area contributed by atoms with Gasteiger partial charge in [-0.3, -0.25) is 14.6 Å². The fraction of sp³-hybridized carbons (Fsp3) is 0.400. The number of hydrogen-bond acceptors (Lipinski definition) is 10. The second-order valence-electron chi connectivity index (χ2n) is 9.55. The summed E-state index contributed by atoms with van der Waals surface area (Å²) >= 11 is 1.28. The van der Waals surface area contributed by atoms with Crippen molar-refractivity contribution in [1.29, 1.82) is 0 Å². The molecule has 13 heteroatoms. The quantitative estimate of drug-likeness (QED) is 0.486. The number of nitrogens with zero attached hydrogens (tertiary/aromatic N) is 5. The van der Waals surface area contributed by atoms with E-state index in [9.17, 15) is 18.0 Å². The summed E-state index contributed by atoms with van der Waals surface area (Å²) in [5.74, 6) is 0.0545. The van der Waals surface area contributed by atoms with Gasteiger partial charge < -0.3 is 19.9 Å². The van der Waals surface area contributed by atoms with Gasteiger partial charge in [0.2, 0.25) is 5.91 Å². The summed E-state index contributed by atoms with van der Waals surface area (Å²) in [7, 11) is -3.51. The van der Waals surface area contributed by atoms with E-state index in [0.29, 0.717) is 29.5 Å². The van der Waals surface area contributed by atoms with Gasteiger partial charge in [0.15, 0.2) is 15.0 Å². The van der Waals surface area contributed by atoms with Crippen molar-refractivity contribution in [2.45, 2.75) is 43.4 Å². The average Bonchev–Trinajstić information content (AvgIpc) is 3.31. The maximum atomic E-state index is 13.0. The van der Waals surface area contributed by atoms with Crippen LogP contribution in [0.1, 0.15) is 30.6 Å². The molecule has 0 radical (unpaired) electrons. The second kappa shape index (κ2) is 10.4. The predicted octanol–water partition coefficient (Wildman–Crippen LogP) is 2.47. The lowest BCUT2D eigenvalue weighted by Crippen LogP contribution is -2.56. The van der Waals surface area contributed by atoms with E-state index in [0.717, 1.165) is 25.2 Å². The van der Waals surface area contributed by atoms with Crippen molar-refractivity contribution in [3.63, 3.8) is 0 Å². The molecule has 2 aliphatic heterocycles. The monoisotopic (exact) mass is 556 g/mol. The highest BCUT2D eigenvalue weighted by molar-refractivity contribution is 7.90. The second-order valence-corrected chi connectivity index (χ2v) is 12.4. The number of thiazole rings is 1. The molecule has 0 spiro atoms. The molecule has 2 saturated heterocycles. The number of likely N-dealkylation sites (tertiary alicyclic amines) is 1. The van der Waals surface area contributed by atoms with Crippen molar-refractivity contribution in [1.82, 2.24) is 19.9 Å². The fourth-order valence-corrected chi connectivity index (χ4v) is 5.85. The van der Waals surface area contributed by atoms with Gasteiger partial charge in [-0.05, 0) is 38.5 Å². The Balaban J connectivity index is 1.25. The Hall–Kier alpha value is -3.42. The van der Waals surface area contributed by atoms with Crippen LogP contribution in [0, 0.1) is 0 Å². The third-order valence-electron chi connectivity index (χ3n) is 6.45. The Morgan fingerprint density at radius 3 is 2.55 bits per heavy atom. The highest BCUT2D eigenvalue weighted by Crippen LogP contribution is 2.28. The van der Waals surface area contributed by atoms with Gasteiger partial charge in [-0.25, -0.2) is 18.4 Å². The molecular weight excluding hydrogens is 528 g/mol. The minimum atomic E-state index is -3.51. The van der Waals surface area contributed by atoms with Gasteiger partial charge in [-0.1, -0.05) is 6.07 Å². The Morgan fingerprint density at radius 2 is 1.87 bits per heavy atom. The Kier molecular flexibility index (Phi) is 7.16. The first-order chi connectivity index (χ1) is 18.1. The van der Waals surface area contributed by atoms with E-state index in [2.05, 4.69) is 20.2 Å².